The number of allylic oxidation sites excluding steroid dienone is 3. The van der Waals surface area contributed by atoms with E-state index in [0.29, 0.717) is 54.2 Å². The first-order chi connectivity index (χ1) is 15.6. The third-order valence-electron chi connectivity index (χ3n) is 5.40. The molecule has 0 radical (unpaired) electrons. The summed E-state index contributed by atoms with van der Waals surface area (Å²) in [6, 6.07) is 1.73. The molecule has 180 valence electrons. The van der Waals surface area contributed by atoms with Crippen LogP contribution in [-0.2, 0) is 14.9 Å². The average molecular weight is 476 g/mol. The Bertz CT molecular complexity index is 1090. The van der Waals surface area contributed by atoms with Crippen molar-refractivity contribution in [2.24, 2.45) is 21.8 Å². The van der Waals surface area contributed by atoms with Crippen molar-refractivity contribution in [3.63, 3.8) is 0 Å². The first-order valence-corrected chi connectivity index (χ1v) is 12.2. The number of Topliss-reactive ketones (excluding diaryl/α,β-unsaturated/α-hetero) is 1. The maximum absolute atomic E-state index is 12.7. The van der Waals surface area contributed by atoms with Crippen molar-refractivity contribution in [3.05, 3.63) is 64.8 Å². The molecule has 1 aliphatic heterocycles. The molecule has 0 amide bonds. The average Bonchev–Trinajstić information content (AvgIpc) is 2.75. The molecule has 2 heterocycles. The molecule has 5 N–H and O–H groups in total. The van der Waals surface area contributed by atoms with Crippen LogP contribution in [-0.4, -0.2) is 38.2 Å². The van der Waals surface area contributed by atoms with Crippen molar-refractivity contribution in [3.8, 4) is 0 Å². The summed E-state index contributed by atoms with van der Waals surface area (Å²) in [4.78, 5) is 16.7. The molecule has 0 saturated heterocycles. The van der Waals surface area contributed by atoms with Gasteiger partial charge in [-0.15, -0.1) is 4.40 Å². The number of aryl methyl sites for hydroxylation is 1. The lowest BCUT2D eigenvalue weighted by Gasteiger charge is -2.24. The van der Waals surface area contributed by atoms with E-state index in [2.05, 4.69) is 20.7 Å². The predicted molar refractivity (Wildman–Crippen MR) is 130 cm³/mol. The first-order valence-electron chi connectivity index (χ1n) is 10.8. The van der Waals surface area contributed by atoms with Gasteiger partial charge in [-0.2, -0.15) is 8.42 Å². The van der Waals surface area contributed by atoms with Gasteiger partial charge in [-0.1, -0.05) is 12.7 Å². The van der Waals surface area contributed by atoms with E-state index < -0.39 is 10.2 Å². The van der Waals surface area contributed by atoms with Crippen molar-refractivity contribution in [1.29, 1.82) is 0 Å². The van der Waals surface area contributed by atoms with Crippen LogP contribution >= 0.6 is 0 Å². The molecule has 9 nitrogen and oxygen atoms in total. The standard InChI is InChI=1S/C23H33N5O4S/c1-5-15(2)22(21-17(4)27-33(30,31)28-23(21)25)32-14-18(7-6-11-24)8-9-20(29)19-10-12-26-13-16(19)3/h5,10,12-13,18,27H,1,6-9,11,14,24H2,2-4H3,(H2,25,28)/b22-15-/t18-/m0/s1. The molecular weight excluding hydrogens is 442 g/mol. The minimum absolute atomic E-state index is 0.0577. The Morgan fingerprint density at radius 3 is 2.67 bits per heavy atom. The van der Waals surface area contributed by atoms with Crippen molar-refractivity contribution in [1.82, 2.24) is 9.71 Å². The second-order valence-electron chi connectivity index (χ2n) is 8.03. The number of ketones is 1. The second-order valence-corrected chi connectivity index (χ2v) is 9.37. The maximum atomic E-state index is 12.7. The van der Waals surface area contributed by atoms with Gasteiger partial charge in [0.1, 0.15) is 5.76 Å². The topological polar surface area (TPSA) is 150 Å². The summed E-state index contributed by atoms with van der Waals surface area (Å²) < 4.78 is 35.7. The molecule has 0 bridgehead atoms. The number of nitrogens with two attached hydrogens (primary N) is 2. The Morgan fingerprint density at radius 2 is 2.06 bits per heavy atom. The number of aromatic nitrogens is 1. The van der Waals surface area contributed by atoms with E-state index in [9.17, 15) is 13.2 Å². The zero-order valence-electron chi connectivity index (χ0n) is 19.4. The zero-order chi connectivity index (χ0) is 24.6. The number of pyridine rings is 1. The molecular formula is C23H33N5O4S. The third kappa shape index (κ3) is 7.26. The fourth-order valence-corrected chi connectivity index (χ4v) is 4.46. The SMILES string of the molecule is C=C/C(C)=C(\OC[C@@H](CCCN)CCC(=O)c1ccncc1C)C1=C(C)NS(=O)(=O)N=C1N. The molecule has 33 heavy (non-hydrogen) atoms. The molecule has 0 aromatic carbocycles. The monoisotopic (exact) mass is 475 g/mol. The van der Waals surface area contributed by atoms with Gasteiger partial charge < -0.3 is 16.2 Å². The third-order valence-corrected chi connectivity index (χ3v) is 6.40. The molecule has 1 atom stereocenters. The highest BCUT2D eigenvalue weighted by atomic mass is 32.2. The van der Waals surface area contributed by atoms with Crippen molar-refractivity contribution in [2.45, 2.75) is 46.5 Å². The lowest BCUT2D eigenvalue weighted by molar-refractivity contribution is 0.0957. The molecule has 0 aliphatic carbocycles. The number of hydrogen-bond acceptors (Lipinski definition) is 7. The van der Waals surface area contributed by atoms with Gasteiger partial charge in [-0.3, -0.25) is 14.5 Å². The number of hydrogen-bond donors (Lipinski definition) is 3. The summed E-state index contributed by atoms with van der Waals surface area (Å²) in [7, 11) is -3.88. The fraction of sp³-hybridized carbons (Fsp3) is 0.435. The number of carbonyl (C=O) groups excluding carboxylic acids is 1. The highest BCUT2D eigenvalue weighted by Crippen LogP contribution is 2.26. The zero-order valence-corrected chi connectivity index (χ0v) is 20.2. The Labute approximate surface area is 195 Å². The van der Waals surface area contributed by atoms with Crippen molar-refractivity contribution >= 4 is 21.8 Å². The Hall–Kier alpha value is -2.98. The minimum atomic E-state index is -3.88. The number of rotatable bonds is 12. The van der Waals surface area contributed by atoms with Crippen LogP contribution in [0, 0.1) is 12.8 Å². The van der Waals surface area contributed by atoms with Gasteiger partial charge in [-0.05, 0) is 69.7 Å². The van der Waals surface area contributed by atoms with Crippen LogP contribution in [0.2, 0.25) is 0 Å². The van der Waals surface area contributed by atoms with Crippen LogP contribution in [0.25, 0.3) is 0 Å². The molecule has 0 spiro atoms. The number of carbonyl (C=O) groups is 1. The van der Waals surface area contributed by atoms with E-state index in [4.69, 9.17) is 16.2 Å². The van der Waals surface area contributed by atoms with E-state index in [1.807, 2.05) is 6.92 Å². The van der Waals surface area contributed by atoms with Gasteiger partial charge in [0.2, 0.25) is 0 Å². The lowest BCUT2D eigenvalue weighted by Crippen LogP contribution is -2.34. The highest BCUT2D eigenvalue weighted by molar-refractivity contribution is 7.88. The summed E-state index contributed by atoms with van der Waals surface area (Å²) in [5, 5.41) is 0. The van der Waals surface area contributed by atoms with E-state index in [0.717, 1.165) is 18.4 Å². The molecule has 10 heteroatoms. The van der Waals surface area contributed by atoms with Gasteiger partial charge in [0.15, 0.2) is 11.6 Å². The quantitative estimate of drug-likeness (QED) is 0.239. The molecule has 1 aromatic heterocycles. The van der Waals surface area contributed by atoms with E-state index >= 15 is 0 Å². The van der Waals surface area contributed by atoms with Crippen LogP contribution in [0.3, 0.4) is 0 Å². The number of nitrogens with one attached hydrogen (secondary N) is 1. The molecule has 0 saturated carbocycles. The molecule has 0 unspecified atom stereocenters. The molecule has 2 rings (SSSR count). The smallest absolute Gasteiger partial charge is 0.343 e. The number of ether oxygens (including phenoxy) is 1. The van der Waals surface area contributed by atoms with Crippen LogP contribution in [0.15, 0.2) is 58.1 Å². The lowest BCUT2D eigenvalue weighted by atomic mass is 9.94. The molecule has 0 fully saturated rings. The van der Waals surface area contributed by atoms with E-state index in [1.165, 1.54) is 0 Å². The summed E-state index contributed by atoms with van der Waals surface area (Å²) >= 11 is 0. The van der Waals surface area contributed by atoms with Crippen LogP contribution < -0.4 is 16.2 Å². The summed E-state index contributed by atoms with van der Waals surface area (Å²) in [6.07, 6.45) is 7.47. The normalized spacial score (nSPS) is 16.9. The summed E-state index contributed by atoms with van der Waals surface area (Å²) in [5.74, 6) is 0.374. The van der Waals surface area contributed by atoms with Crippen LogP contribution in [0.5, 0.6) is 0 Å². The van der Waals surface area contributed by atoms with E-state index in [1.54, 1.807) is 38.4 Å². The summed E-state index contributed by atoms with van der Waals surface area (Å²) in [5.41, 5.74) is 14.6. The first kappa shape index (κ1) is 26.3. The van der Waals surface area contributed by atoms with Crippen LogP contribution in [0.1, 0.15) is 55.5 Å². The van der Waals surface area contributed by atoms with Crippen LogP contribution in [0.4, 0.5) is 0 Å². The van der Waals surface area contributed by atoms with Gasteiger partial charge in [0.05, 0.1) is 12.2 Å². The van der Waals surface area contributed by atoms with Gasteiger partial charge >= 0.3 is 10.2 Å². The number of amidine groups is 1. The summed E-state index contributed by atoms with van der Waals surface area (Å²) in [6.45, 7) is 9.88. The number of nitrogens with zero attached hydrogens (tertiary/aromatic N) is 2. The predicted octanol–water partition coefficient (Wildman–Crippen LogP) is 2.66. The van der Waals surface area contributed by atoms with Gasteiger partial charge in [-0.25, -0.2) is 0 Å². The largest absolute Gasteiger partial charge is 0.492 e. The second kappa shape index (κ2) is 11.8. The Kier molecular flexibility index (Phi) is 9.36. The fourth-order valence-electron chi connectivity index (χ4n) is 3.57. The maximum Gasteiger partial charge on any atom is 0.343 e. The van der Waals surface area contributed by atoms with Crippen molar-refractivity contribution < 1.29 is 17.9 Å². The van der Waals surface area contributed by atoms with E-state index in [-0.39, 0.29) is 17.5 Å². The Balaban J connectivity index is 2.18. The van der Waals surface area contributed by atoms with Gasteiger partial charge in [0, 0.05) is 30.1 Å². The molecule has 1 aromatic rings. The minimum Gasteiger partial charge on any atom is -0.492 e. The highest BCUT2D eigenvalue weighted by Gasteiger charge is 2.26. The molecule has 1 aliphatic rings. The van der Waals surface area contributed by atoms with Gasteiger partial charge in [0.25, 0.3) is 0 Å². The van der Waals surface area contributed by atoms with Crippen molar-refractivity contribution in [2.75, 3.05) is 13.2 Å². The Morgan fingerprint density at radius 1 is 1.33 bits per heavy atom.